The van der Waals surface area contributed by atoms with Crippen LogP contribution in [0.4, 0.5) is 16.3 Å². The first-order valence-electron chi connectivity index (χ1n) is 9.64. The van der Waals surface area contributed by atoms with Crippen LogP contribution < -0.4 is 5.32 Å². The Balaban J connectivity index is 1.65. The minimum Gasteiger partial charge on any atom is -0.447 e. The van der Waals surface area contributed by atoms with Crippen molar-refractivity contribution in [2.45, 2.75) is 45.8 Å². The molecule has 1 aliphatic rings. The topological polar surface area (TPSA) is 110 Å². The lowest BCUT2D eigenvalue weighted by Crippen LogP contribution is -2.43. The van der Waals surface area contributed by atoms with Crippen LogP contribution in [-0.2, 0) is 4.74 Å². The normalized spacial score (nSPS) is 14.7. The summed E-state index contributed by atoms with van der Waals surface area (Å²) in [5, 5.41) is 14.3. The van der Waals surface area contributed by atoms with Gasteiger partial charge in [-0.2, -0.15) is 0 Å². The number of amides is 1. The second-order valence-electron chi connectivity index (χ2n) is 7.36. The first kappa shape index (κ1) is 20.5. The number of likely N-dealkylation sites (tertiary alicyclic amines) is 1. The summed E-state index contributed by atoms with van der Waals surface area (Å²) in [5.74, 6) is 1.22. The molecule has 3 rings (SSSR count). The van der Waals surface area contributed by atoms with Crippen molar-refractivity contribution in [3.05, 3.63) is 46.1 Å². The van der Waals surface area contributed by atoms with Gasteiger partial charge < -0.3 is 15.0 Å². The van der Waals surface area contributed by atoms with Crippen molar-refractivity contribution >= 4 is 17.6 Å². The third-order valence-electron chi connectivity index (χ3n) is 4.63. The number of hydrogen-bond acceptors (Lipinski definition) is 7. The number of benzene rings is 1. The molecule has 0 saturated carbocycles. The Morgan fingerprint density at radius 3 is 2.48 bits per heavy atom. The molecule has 0 spiro atoms. The lowest BCUT2D eigenvalue weighted by atomic mass is 10.1. The molecule has 29 heavy (non-hydrogen) atoms. The molecule has 1 saturated heterocycles. The van der Waals surface area contributed by atoms with E-state index in [0.29, 0.717) is 30.3 Å². The summed E-state index contributed by atoms with van der Waals surface area (Å²) in [6.45, 7) is 6.82. The molecule has 1 fully saturated rings. The second-order valence-corrected chi connectivity index (χ2v) is 7.36. The van der Waals surface area contributed by atoms with Gasteiger partial charge in [0.25, 0.3) is 5.69 Å². The maximum Gasteiger partial charge on any atom is 0.410 e. The number of hydrogen-bond donors (Lipinski definition) is 1. The Labute approximate surface area is 169 Å². The minimum absolute atomic E-state index is 0.0301. The minimum atomic E-state index is -0.433. The van der Waals surface area contributed by atoms with E-state index in [-0.39, 0.29) is 23.9 Å². The van der Waals surface area contributed by atoms with E-state index in [1.807, 2.05) is 26.8 Å². The van der Waals surface area contributed by atoms with Gasteiger partial charge in [0.1, 0.15) is 5.82 Å². The number of aromatic nitrogens is 2. The number of aryl methyl sites for hydroxylation is 1. The first-order chi connectivity index (χ1) is 13.8. The van der Waals surface area contributed by atoms with Gasteiger partial charge in [-0.3, -0.25) is 10.1 Å². The van der Waals surface area contributed by atoms with Crippen molar-refractivity contribution in [3.63, 3.8) is 0 Å². The number of nitro groups is 1. The van der Waals surface area contributed by atoms with E-state index in [1.165, 1.54) is 12.1 Å². The zero-order chi connectivity index (χ0) is 21.0. The number of non-ortho nitro benzene ring substituents is 1. The Kier molecular flexibility index (Phi) is 6.26. The highest BCUT2D eigenvalue weighted by atomic mass is 16.6. The van der Waals surface area contributed by atoms with Gasteiger partial charge in [0.2, 0.25) is 0 Å². The van der Waals surface area contributed by atoms with E-state index in [2.05, 4.69) is 15.3 Å². The Hall–Kier alpha value is -3.23. The maximum absolute atomic E-state index is 12.0. The van der Waals surface area contributed by atoms with Crippen LogP contribution in [0.5, 0.6) is 0 Å². The van der Waals surface area contributed by atoms with Crippen LogP contribution in [0.1, 0.15) is 32.4 Å². The number of carbonyl (C=O) groups is 1. The van der Waals surface area contributed by atoms with Gasteiger partial charge in [0.15, 0.2) is 5.82 Å². The van der Waals surface area contributed by atoms with E-state index < -0.39 is 4.92 Å². The second kappa shape index (κ2) is 8.85. The number of nitro benzene ring substituents is 1. The summed E-state index contributed by atoms with van der Waals surface area (Å²) in [6, 6.07) is 8.25. The molecule has 1 aromatic heterocycles. The fourth-order valence-corrected chi connectivity index (χ4v) is 3.20. The highest BCUT2D eigenvalue weighted by Gasteiger charge is 2.24. The zero-order valence-corrected chi connectivity index (χ0v) is 16.8. The van der Waals surface area contributed by atoms with Crippen LogP contribution >= 0.6 is 0 Å². The lowest BCUT2D eigenvalue weighted by molar-refractivity contribution is -0.384. The molecule has 1 aromatic carbocycles. The van der Waals surface area contributed by atoms with Gasteiger partial charge in [-0.15, -0.1) is 0 Å². The molecule has 0 radical (unpaired) electrons. The molecule has 1 N–H and O–H groups in total. The monoisotopic (exact) mass is 399 g/mol. The van der Waals surface area contributed by atoms with Crippen LogP contribution in [0.2, 0.25) is 0 Å². The number of rotatable bonds is 5. The molecular weight excluding hydrogens is 374 g/mol. The molecule has 0 bridgehead atoms. The quantitative estimate of drug-likeness (QED) is 0.601. The number of piperidine rings is 1. The molecule has 9 nitrogen and oxygen atoms in total. The predicted molar refractivity (Wildman–Crippen MR) is 109 cm³/mol. The van der Waals surface area contributed by atoms with E-state index >= 15 is 0 Å². The summed E-state index contributed by atoms with van der Waals surface area (Å²) in [4.78, 5) is 33.1. The van der Waals surface area contributed by atoms with Gasteiger partial charge in [-0.05, 0) is 45.7 Å². The lowest BCUT2D eigenvalue weighted by Gasteiger charge is -2.32. The fourth-order valence-electron chi connectivity index (χ4n) is 3.20. The standard InChI is InChI=1S/C20H25N5O4/c1-13(2)29-20(26)24-10-8-16(9-11-24)22-18-12-14(3)21-19(23-18)15-4-6-17(7-5-15)25(27)28/h4-7,12-13,16H,8-11H2,1-3H3,(H,21,22,23). The molecule has 0 unspecified atom stereocenters. The number of ether oxygens (including phenoxy) is 1. The molecule has 0 aliphatic carbocycles. The van der Waals surface area contributed by atoms with Gasteiger partial charge in [-0.25, -0.2) is 14.8 Å². The Bertz CT molecular complexity index is 877. The van der Waals surface area contributed by atoms with Crippen molar-refractivity contribution in [3.8, 4) is 11.4 Å². The van der Waals surface area contributed by atoms with Crippen molar-refractivity contribution in [1.82, 2.24) is 14.9 Å². The molecule has 0 atom stereocenters. The van der Waals surface area contributed by atoms with Crippen LogP contribution in [0, 0.1) is 17.0 Å². The summed E-state index contributed by atoms with van der Waals surface area (Å²) >= 11 is 0. The number of nitrogens with zero attached hydrogens (tertiary/aromatic N) is 4. The molecular formula is C20H25N5O4. The first-order valence-corrected chi connectivity index (χ1v) is 9.64. The van der Waals surface area contributed by atoms with E-state index in [0.717, 1.165) is 18.5 Å². The summed E-state index contributed by atoms with van der Waals surface area (Å²) < 4.78 is 5.25. The predicted octanol–water partition coefficient (Wildman–Crippen LogP) is 3.78. The van der Waals surface area contributed by atoms with Crippen LogP contribution in [0.25, 0.3) is 11.4 Å². The van der Waals surface area contributed by atoms with Crippen molar-refractivity contribution in [2.24, 2.45) is 0 Å². The van der Waals surface area contributed by atoms with Gasteiger partial charge in [0.05, 0.1) is 11.0 Å². The van der Waals surface area contributed by atoms with Crippen molar-refractivity contribution in [2.75, 3.05) is 18.4 Å². The third kappa shape index (κ3) is 5.40. The number of anilines is 1. The largest absolute Gasteiger partial charge is 0.447 e. The molecule has 9 heteroatoms. The third-order valence-corrected chi connectivity index (χ3v) is 4.63. The van der Waals surface area contributed by atoms with Crippen molar-refractivity contribution in [1.29, 1.82) is 0 Å². The number of nitrogens with one attached hydrogen (secondary N) is 1. The van der Waals surface area contributed by atoms with Crippen LogP contribution in [0.3, 0.4) is 0 Å². The van der Waals surface area contributed by atoms with Crippen LogP contribution in [0.15, 0.2) is 30.3 Å². The SMILES string of the molecule is Cc1cc(NC2CCN(C(=O)OC(C)C)CC2)nc(-c2ccc([N+](=O)[O-])cc2)n1. The summed E-state index contributed by atoms with van der Waals surface area (Å²) in [6.07, 6.45) is 1.20. The molecule has 154 valence electrons. The summed E-state index contributed by atoms with van der Waals surface area (Å²) in [5.41, 5.74) is 1.55. The molecule has 1 aliphatic heterocycles. The summed E-state index contributed by atoms with van der Waals surface area (Å²) in [7, 11) is 0. The number of carbonyl (C=O) groups excluding carboxylic acids is 1. The molecule has 2 aromatic rings. The highest BCUT2D eigenvalue weighted by Crippen LogP contribution is 2.23. The average Bonchev–Trinajstić information content (AvgIpc) is 2.67. The van der Waals surface area contributed by atoms with E-state index in [1.54, 1.807) is 17.0 Å². The van der Waals surface area contributed by atoms with Crippen molar-refractivity contribution < 1.29 is 14.5 Å². The molecule has 1 amide bonds. The van der Waals surface area contributed by atoms with Crippen LogP contribution in [-0.4, -0.2) is 51.1 Å². The fraction of sp³-hybridized carbons (Fsp3) is 0.450. The average molecular weight is 399 g/mol. The van der Waals surface area contributed by atoms with Gasteiger partial charge >= 0.3 is 6.09 Å². The molecule has 2 heterocycles. The van der Waals surface area contributed by atoms with Gasteiger partial charge in [-0.1, -0.05) is 0 Å². The highest BCUT2D eigenvalue weighted by molar-refractivity contribution is 5.68. The maximum atomic E-state index is 12.0. The van der Waals surface area contributed by atoms with E-state index in [9.17, 15) is 14.9 Å². The smallest absolute Gasteiger partial charge is 0.410 e. The zero-order valence-electron chi connectivity index (χ0n) is 16.8. The van der Waals surface area contributed by atoms with Gasteiger partial charge in [0, 0.05) is 48.6 Å². The Morgan fingerprint density at radius 2 is 1.90 bits per heavy atom. The van der Waals surface area contributed by atoms with E-state index in [4.69, 9.17) is 4.74 Å². The Morgan fingerprint density at radius 1 is 1.24 bits per heavy atom.